The number of hydrogen-bond donors (Lipinski definition) is 2. The summed E-state index contributed by atoms with van der Waals surface area (Å²) in [6, 6.07) is 2.47. The maximum Gasteiger partial charge on any atom is 0.00964 e. The van der Waals surface area contributed by atoms with Gasteiger partial charge in [0.25, 0.3) is 0 Å². The van der Waals surface area contributed by atoms with Gasteiger partial charge in [-0.3, -0.25) is 0 Å². The summed E-state index contributed by atoms with van der Waals surface area (Å²) < 4.78 is 0. The van der Waals surface area contributed by atoms with Crippen molar-refractivity contribution in [1.82, 2.24) is 15.5 Å². The molecule has 2 aliphatic heterocycles. The van der Waals surface area contributed by atoms with Crippen molar-refractivity contribution >= 4 is 0 Å². The van der Waals surface area contributed by atoms with Gasteiger partial charge in [-0.05, 0) is 89.9 Å². The van der Waals surface area contributed by atoms with Crippen LogP contribution in [0.2, 0.25) is 0 Å². The fourth-order valence-corrected chi connectivity index (χ4v) is 4.52. The number of rotatable bonds is 3. The van der Waals surface area contributed by atoms with Crippen molar-refractivity contribution in [3.8, 4) is 0 Å². The molecule has 1 atom stereocenters. The third kappa shape index (κ3) is 4.67. The van der Waals surface area contributed by atoms with E-state index >= 15 is 0 Å². The standard InChI is InChI=1S/C18H35N3/c1-15-9-13-21(14-10-15)18-6-4-17(5-7-18)20-16-3-2-11-19-12-8-16/h15-20H,2-14H2,1H3. The molecule has 3 heteroatoms. The van der Waals surface area contributed by atoms with Gasteiger partial charge in [0.1, 0.15) is 0 Å². The molecule has 1 saturated carbocycles. The minimum atomic E-state index is 0.775. The van der Waals surface area contributed by atoms with Crippen molar-refractivity contribution in [2.75, 3.05) is 26.2 Å². The molecule has 122 valence electrons. The molecule has 3 nitrogen and oxygen atoms in total. The average Bonchev–Trinajstić information content (AvgIpc) is 2.78. The van der Waals surface area contributed by atoms with E-state index in [9.17, 15) is 0 Å². The Labute approximate surface area is 131 Å². The summed E-state index contributed by atoms with van der Waals surface area (Å²) in [6.45, 7) is 7.56. The SMILES string of the molecule is CC1CCN(C2CCC(NC3CCCNCC3)CC2)CC1. The van der Waals surface area contributed by atoms with Crippen molar-refractivity contribution in [2.24, 2.45) is 5.92 Å². The number of nitrogens with one attached hydrogen (secondary N) is 2. The molecular weight excluding hydrogens is 258 g/mol. The van der Waals surface area contributed by atoms with Gasteiger partial charge in [0.15, 0.2) is 0 Å². The van der Waals surface area contributed by atoms with Gasteiger partial charge in [-0.15, -0.1) is 0 Å². The quantitative estimate of drug-likeness (QED) is 0.838. The Morgan fingerprint density at radius 2 is 1.52 bits per heavy atom. The van der Waals surface area contributed by atoms with E-state index in [1.165, 1.54) is 84.0 Å². The average molecular weight is 293 g/mol. The number of hydrogen-bond acceptors (Lipinski definition) is 3. The number of nitrogens with zero attached hydrogens (tertiary/aromatic N) is 1. The van der Waals surface area contributed by atoms with Gasteiger partial charge in [0, 0.05) is 18.1 Å². The van der Waals surface area contributed by atoms with Crippen molar-refractivity contribution in [3.63, 3.8) is 0 Å². The third-order valence-corrected chi connectivity index (χ3v) is 6.08. The highest BCUT2D eigenvalue weighted by molar-refractivity contribution is 4.87. The van der Waals surface area contributed by atoms with Crippen LogP contribution in [0.4, 0.5) is 0 Å². The molecule has 3 fully saturated rings. The predicted molar refractivity (Wildman–Crippen MR) is 89.7 cm³/mol. The van der Waals surface area contributed by atoms with Crippen molar-refractivity contribution in [2.45, 2.75) is 82.8 Å². The highest BCUT2D eigenvalue weighted by atomic mass is 15.2. The second-order valence-electron chi connectivity index (χ2n) is 7.77. The molecule has 0 aromatic heterocycles. The van der Waals surface area contributed by atoms with Crippen molar-refractivity contribution < 1.29 is 0 Å². The highest BCUT2D eigenvalue weighted by Gasteiger charge is 2.28. The molecule has 0 amide bonds. The van der Waals surface area contributed by atoms with Crippen LogP contribution in [0.5, 0.6) is 0 Å². The summed E-state index contributed by atoms with van der Waals surface area (Å²) in [5, 5.41) is 7.49. The molecule has 21 heavy (non-hydrogen) atoms. The van der Waals surface area contributed by atoms with Crippen LogP contribution in [0, 0.1) is 5.92 Å². The monoisotopic (exact) mass is 293 g/mol. The maximum atomic E-state index is 3.97. The first kappa shape index (κ1) is 15.8. The molecule has 1 unspecified atom stereocenters. The van der Waals surface area contributed by atoms with Crippen LogP contribution < -0.4 is 10.6 Å². The summed E-state index contributed by atoms with van der Waals surface area (Å²) in [7, 11) is 0. The lowest BCUT2D eigenvalue weighted by Gasteiger charge is -2.41. The van der Waals surface area contributed by atoms with Gasteiger partial charge >= 0.3 is 0 Å². The van der Waals surface area contributed by atoms with Crippen LogP contribution in [0.25, 0.3) is 0 Å². The van der Waals surface area contributed by atoms with Crippen molar-refractivity contribution in [1.29, 1.82) is 0 Å². The van der Waals surface area contributed by atoms with Gasteiger partial charge in [0.05, 0.1) is 0 Å². The third-order valence-electron chi connectivity index (χ3n) is 6.08. The zero-order valence-corrected chi connectivity index (χ0v) is 13.9. The van der Waals surface area contributed by atoms with Crippen LogP contribution in [0.15, 0.2) is 0 Å². The van der Waals surface area contributed by atoms with Crippen LogP contribution in [-0.4, -0.2) is 49.2 Å². The van der Waals surface area contributed by atoms with Crippen LogP contribution in [0.1, 0.15) is 64.7 Å². The Bertz CT molecular complexity index is 283. The molecule has 0 aromatic rings. The minimum absolute atomic E-state index is 0.775. The first-order chi connectivity index (χ1) is 10.3. The second kappa shape index (κ2) is 7.94. The Balaban J connectivity index is 1.38. The summed E-state index contributed by atoms with van der Waals surface area (Å²) in [4.78, 5) is 2.80. The van der Waals surface area contributed by atoms with E-state index in [1.54, 1.807) is 0 Å². The van der Waals surface area contributed by atoms with E-state index < -0.39 is 0 Å². The maximum absolute atomic E-state index is 3.97. The lowest BCUT2D eigenvalue weighted by atomic mass is 9.87. The predicted octanol–water partition coefficient (Wildman–Crippen LogP) is 2.76. The Kier molecular flexibility index (Phi) is 5.96. The Hall–Kier alpha value is -0.120. The summed E-state index contributed by atoms with van der Waals surface area (Å²) in [5.74, 6) is 0.961. The molecule has 1 aliphatic carbocycles. The van der Waals surface area contributed by atoms with Gasteiger partial charge in [-0.2, -0.15) is 0 Å². The van der Waals surface area contributed by atoms with E-state index in [2.05, 4.69) is 22.5 Å². The largest absolute Gasteiger partial charge is 0.317 e. The Morgan fingerprint density at radius 1 is 0.810 bits per heavy atom. The van der Waals surface area contributed by atoms with E-state index in [4.69, 9.17) is 0 Å². The van der Waals surface area contributed by atoms with Crippen LogP contribution >= 0.6 is 0 Å². The molecule has 3 rings (SSSR count). The molecule has 0 radical (unpaired) electrons. The molecule has 2 N–H and O–H groups in total. The van der Waals surface area contributed by atoms with Crippen LogP contribution in [0.3, 0.4) is 0 Å². The van der Waals surface area contributed by atoms with E-state index in [-0.39, 0.29) is 0 Å². The summed E-state index contributed by atoms with van der Waals surface area (Å²) in [6.07, 6.45) is 12.6. The van der Waals surface area contributed by atoms with Gasteiger partial charge < -0.3 is 15.5 Å². The first-order valence-corrected chi connectivity index (χ1v) is 9.52. The van der Waals surface area contributed by atoms with Gasteiger partial charge in [-0.25, -0.2) is 0 Å². The van der Waals surface area contributed by atoms with E-state index in [0.29, 0.717) is 0 Å². The molecule has 0 aromatic carbocycles. The molecule has 3 aliphatic rings. The second-order valence-corrected chi connectivity index (χ2v) is 7.77. The first-order valence-electron chi connectivity index (χ1n) is 9.52. The smallest absolute Gasteiger partial charge is 0.00964 e. The van der Waals surface area contributed by atoms with Crippen molar-refractivity contribution in [3.05, 3.63) is 0 Å². The molecule has 0 spiro atoms. The minimum Gasteiger partial charge on any atom is -0.317 e. The molecule has 0 bridgehead atoms. The highest BCUT2D eigenvalue weighted by Crippen LogP contribution is 2.27. The van der Waals surface area contributed by atoms with Crippen LogP contribution in [-0.2, 0) is 0 Å². The zero-order valence-electron chi connectivity index (χ0n) is 13.9. The fourth-order valence-electron chi connectivity index (χ4n) is 4.52. The molecular formula is C18H35N3. The van der Waals surface area contributed by atoms with Gasteiger partial charge in [-0.1, -0.05) is 6.92 Å². The zero-order chi connectivity index (χ0) is 14.5. The normalized spacial score (nSPS) is 37.3. The number of piperidine rings is 1. The molecule has 2 heterocycles. The lowest BCUT2D eigenvalue weighted by molar-refractivity contribution is 0.101. The lowest BCUT2D eigenvalue weighted by Crippen LogP contribution is -2.47. The van der Waals surface area contributed by atoms with E-state index in [1.807, 2.05) is 0 Å². The summed E-state index contributed by atoms with van der Waals surface area (Å²) in [5.41, 5.74) is 0. The number of likely N-dealkylation sites (tertiary alicyclic amines) is 1. The molecule has 2 saturated heterocycles. The fraction of sp³-hybridized carbons (Fsp3) is 1.00. The Morgan fingerprint density at radius 3 is 2.29 bits per heavy atom. The summed E-state index contributed by atoms with van der Waals surface area (Å²) >= 11 is 0. The van der Waals surface area contributed by atoms with Gasteiger partial charge in [0.2, 0.25) is 0 Å². The topological polar surface area (TPSA) is 27.3 Å². The van der Waals surface area contributed by atoms with E-state index in [0.717, 1.165) is 24.0 Å².